The van der Waals surface area contributed by atoms with E-state index in [0.29, 0.717) is 6.54 Å². The number of ether oxygens (including phenoxy) is 4. The average Bonchev–Trinajstić information content (AvgIpc) is 3.15. The van der Waals surface area contributed by atoms with E-state index in [9.17, 15) is 19.2 Å². The molecule has 0 saturated carbocycles. The van der Waals surface area contributed by atoms with Crippen molar-refractivity contribution in [2.75, 3.05) is 33.5 Å². The number of amides is 2. The Morgan fingerprint density at radius 1 is 1.19 bits per heavy atom. The van der Waals surface area contributed by atoms with Gasteiger partial charge in [0.25, 0.3) is 5.79 Å². The topological polar surface area (TPSA) is 137 Å². The van der Waals surface area contributed by atoms with Gasteiger partial charge in [-0.05, 0) is 12.1 Å². The summed E-state index contributed by atoms with van der Waals surface area (Å²) in [7, 11) is 1.46. The molecule has 5 atom stereocenters. The molecule has 190 valence electrons. The van der Waals surface area contributed by atoms with E-state index in [1.807, 2.05) is 30.3 Å². The van der Waals surface area contributed by atoms with Crippen LogP contribution >= 0.6 is 11.8 Å². The maximum absolute atomic E-state index is 14.2. The molecule has 0 aromatic heterocycles. The fraction of sp³-hybridized carbons (Fsp3) is 0.500. The summed E-state index contributed by atoms with van der Waals surface area (Å²) in [6.07, 6.45) is -1.02. The van der Waals surface area contributed by atoms with E-state index in [2.05, 4.69) is 0 Å². The quantitative estimate of drug-likeness (QED) is 0.544. The first-order chi connectivity index (χ1) is 17.3. The summed E-state index contributed by atoms with van der Waals surface area (Å²) >= 11 is 1.21. The zero-order valence-electron chi connectivity index (χ0n) is 19.7. The van der Waals surface area contributed by atoms with E-state index in [1.54, 1.807) is 9.80 Å². The van der Waals surface area contributed by atoms with Crippen molar-refractivity contribution in [3.63, 3.8) is 0 Å². The number of methoxy groups -OCH3 is 1. The summed E-state index contributed by atoms with van der Waals surface area (Å²) in [5.41, 5.74) is 4.33. The fourth-order valence-electron chi connectivity index (χ4n) is 6.39. The van der Waals surface area contributed by atoms with Crippen LogP contribution in [0, 0.1) is 5.92 Å². The monoisotopic (exact) mass is 515 g/mol. The van der Waals surface area contributed by atoms with Crippen LogP contribution in [0.5, 0.6) is 0 Å². The molecule has 2 N–H and O–H groups in total. The van der Waals surface area contributed by atoms with Crippen LogP contribution in [-0.4, -0.2) is 95.7 Å². The first-order valence-corrected chi connectivity index (χ1v) is 12.5. The first kappa shape index (κ1) is 23.5. The standard InChI is InChI=1S/C24H25N3O8S/c1-12(28)27-15-10-26-17-16(14(11-33-22(25)31)23(26,32-2)19(15)27)20(30)24(34-8-9-35-24)21(18(17)29)36-13-6-4-3-5-7-13/h3-7,14-15,19,21H,8-11H2,1-2H3,(H2,25,31)/t14-,15+,19+,21?,23-,27?/m1/s1. The molecule has 1 aromatic rings. The lowest BCUT2D eigenvalue weighted by molar-refractivity contribution is -0.180. The number of rotatable bonds is 5. The summed E-state index contributed by atoms with van der Waals surface area (Å²) in [6.45, 7) is 1.76. The number of nitrogens with zero attached hydrogens (tertiary/aromatic N) is 2. The number of Topliss-reactive ketones (excluding diaryl/α,β-unsaturated/α-hetero) is 2. The van der Waals surface area contributed by atoms with Crippen LogP contribution in [0.2, 0.25) is 0 Å². The summed E-state index contributed by atoms with van der Waals surface area (Å²) < 4.78 is 23.1. The lowest BCUT2D eigenvalue weighted by Gasteiger charge is -2.41. The Bertz CT molecular complexity index is 1200. The third kappa shape index (κ3) is 2.92. The van der Waals surface area contributed by atoms with Gasteiger partial charge in [0.1, 0.15) is 17.9 Å². The smallest absolute Gasteiger partial charge is 0.404 e. The van der Waals surface area contributed by atoms with Crippen molar-refractivity contribution in [2.45, 2.75) is 40.7 Å². The van der Waals surface area contributed by atoms with Gasteiger partial charge in [-0.1, -0.05) is 18.2 Å². The van der Waals surface area contributed by atoms with E-state index in [-0.39, 0.29) is 48.8 Å². The number of nitrogens with two attached hydrogens (primary N) is 1. The second kappa shape index (κ2) is 8.04. The Labute approximate surface area is 210 Å². The highest BCUT2D eigenvalue weighted by atomic mass is 32.2. The van der Waals surface area contributed by atoms with Gasteiger partial charge in [-0.25, -0.2) is 4.79 Å². The second-order valence-electron chi connectivity index (χ2n) is 9.32. The Balaban J connectivity index is 1.48. The molecular formula is C24H25N3O8S. The van der Waals surface area contributed by atoms with Crippen LogP contribution in [0.1, 0.15) is 6.92 Å². The van der Waals surface area contributed by atoms with E-state index in [4.69, 9.17) is 24.7 Å². The molecule has 4 heterocycles. The number of carbonyl (C=O) groups excluding carboxylic acids is 4. The van der Waals surface area contributed by atoms with Crippen molar-refractivity contribution in [1.82, 2.24) is 9.80 Å². The minimum absolute atomic E-state index is 0.128. The maximum Gasteiger partial charge on any atom is 0.404 e. The van der Waals surface area contributed by atoms with Gasteiger partial charge in [0, 0.05) is 31.0 Å². The van der Waals surface area contributed by atoms with Crippen molar-refractivity contribution < 1.29 is 38.1 Å². The SMILES string of the molecule is CO[C@@]12[C@H](COC(N)=O)C3=C(C(=O)C(Sc4ccccc4)C4(OCCO4)C3=O)N1C[C@H]1[C@@H]2N1C(C)=O. The molecule has 1 unspecified atom stereocenters. The van der Waals surface area contributed by atoms with Crippen LogP contribution < -0.4 is 5.73 Å². The lowest BCUT2D eigenvalue weighted by Crippen LogP contribution is -2.58. The predicted octanol–water partition coefficient (Wildman–Crippen LogP) is 0.279. The van der Waals surface area contributed by atoms with Gasteiger partial charge in [-0.3, -0.25) is 14.4 Å². The first-order valence-electron chi connectivity index (χ1n) is 11.6. The van der Waals surface area contributed by atoms with Crippen LogP contribution in [-0.2, 0) is 33.3 Å². The lowest BCUT2D eigenvalue weighted by atomic mass is 9.80. The zero-order chi connectivity index (χ0) is 25.4. The molecule has 1 spiro atoms. The molecule has 1 aromatic carbocycles. The summed E-state index contributed by atoms with van der Waals surface area (Å²) in [5.74, 6) is -3.68. The highest BCUT2D eigenvalue weighted by Crippen LogP contribution is 2.61. The number of hydrogen-bond donors (Lipinski definition) is 1. The van der Waals surface area contributed by atoms with Gasteiger partial charge in [0.2, 0.25) is 11.7 Å². The Hall–Kier alpha value is -2.93. The van der Waals surface area contributed by atoms with E-state index < -0.39 is 40.6 Å². The number of fused-ring (bicyclic) bond motifs is 4. The molecule has 11 nitrogen and oxygen atoms in total. The molecule has 0 radical (unpaired) electrons. The van der Waals surface area contributed by atoms with Gasteiger partial charge in [-0.15, -0.1) is 11.8 Å². The van der Waals surface area contributed by atoms with Gasteiger partial charge in [-0.2, -0.15) is 0 Å². The largest absolute Gasteiger partial charge is 0.449 e. The van der Waals surface area contributed by atoms with Gasteiger partial charge in [0.05, 0.1) is 30.9 Å². The van der Waals surface area contributed by atoms with Gasteiger partial charge >= 0.3 is 6.09 Å². The predicted molar refractivity (Wildman–Crippen MR) is 123 cm³/mol. The highest BCUT2D eigenvalue weighted by molar-refractivity contribution is 8.00. The number of ketones is 2. The normalized spacial score (nSPS) is 33.6. The van der Waals surface area contributed by atoms with Crippen LogP contribution in [0.25, 0.3) is 0 Å². The molecule has 3 saturated heterocycles. The molecule has 3 fully saturated rings. The molecular weight excluding hydrogens is 490 g/mol. The number of allylic oxidation sites excluding steroid dienone is 1. The molecule has 1 aliphatic carbocycles. The maximum atomic E-state index is 14.2. The van der Waals surface area contributed by atoms with Crippen LogP contribution in [0.15, 0.2) is 46.5 Å². The fourth-order valence-corrected chi connectivity index (χ4v) is 7.60. The minimum Gasteiger partial charge on any atom is -0.449 e. The second-order valence-corrected chi connectivity index (χ2v) is 10.5. The highest BCUT2D eigenvalue weighted by Gasteiger charge is 2.79. The summed E-state index contributed by atoms with van der Waals surface area (Å²) in [4.78, 5) is 56.6. The van der Waals surface area contributed by atoms with Crippen molar-refractivity contribution >= 4 is 35.3 Å². The molecule has 12 heteroatoms. The van der Waals surface area contributed by atoms with Crippen molar-refractivity contribution in [3.8, 4) is 0 Å². The van der Waals surface area contributed by atoms with Gasteiger partial charge in [0.15, 0.2) is 11.5 Å². The average molecular weight is 516 g/mol. The molecule has 5 aliphatic rings. The van der Waals surface area contributed by atoms with Crippen LogP contribution in [0.3, 0.4) is 0 Å². The number of thioether (sulfide) groups is 1. The van der Waals surface area contributed by atoms with Crippen molar-refractivity contribution in [2.24, 2.45) is 11.7 Å². The zero-order valence-corrected chi connectivity index (χ0v) is 20.5. The van der Waals surface area contributed by atoms with Crippen molar-refractivity contribution in [1.29, 1.82) is 0 Å². The van der Waals surface area contributed by atoms with E-state index in [1.165, 1.54) is 25.8 Å². The Kier molecular flexibility index (Phi) is 5.24. The number of hydrogen-bond acceptors (Lipinski definition) is 10. The molecule has 2 amide bonds. The molecule has 4 aliphatic heterocycles. The molecule has 0 bridgehead atoms. The summed E-state index contributed by atoms with van der Waals surface area (Å²) in [6, 6.07) is 8.64. The Morgan fingerprint density at radius 3 is 2.50 bits per heavy atom. The number of piperazine rings is 1. The number of benzene rings is 1. The number of primary amides is 1. The van der Waals surface area contributed by atoms with Crippen LogP contribution in [0.4, 0.5) is 4.79 Å². The molecule has 6 rings (SSSR count). The van der Waals surface area contributed by atoms with Crippen molar-refractivity contribution in [3.05, 3.63) is 41.6 Å². The van der Waals surface area contributed by atoms with Gasteiger partial charge < -0.3 is 34.5 Å². The van der Waals surface area contributed by atoms with E-state index >= 15 is 0 Å². The third-order valence-electron chi connectivity index (χ3n) is 7.69. The summed E-state index contributed by atoms with van der Waals surface area (Å²) in [5, 5.41) is -1.00. The Morgan fingerprint density at radius 2 is 1.89 bits per heavy atom. The third-order valence-corrected chi connectivity index (χ3v) is 9.00. The number of carbonyl (C=O) groups is 4. The van der Waals surface area contributed by atoms with E-state index in [0.717, 1.165) is 4.90 Å². The minimum atomic E-state index is -1.82. The molecule has 36 heavy (non-hydrogen) atoms.